The summed E-state index contributed by atoms with van der Waals surface area (Å²) < 4.78 is 0. The van der Waals surface area contributed by atoms with Gasteiger partial charge < -0.3 is 11.1 Å². The maximum atomic E-state index is 11.5. The number of likely N-dealkylation sites (N-methyl/N-ethyl adjacent to an activating group) is 1. The SMILES string of the molecule is CNC1(C(N)=O)CCCC(SC(C)C)C1. The molecule has 0 spiro atoms. The Kier molecular flexibility index (Phi) is 4.46. The Morgan fingerprint density at radius 3 is 2.73 bits per heavy atom. The molecule has 1 rings (SSSR count). The summed E-state index contributed by atoms with van der Waals surface area (Å²) in [6, 6.07) is 0. The van der Waals surface area contributed by atoms with E-state index in [-0.39, 0.29) is 5.91 Å². The largest absolute Gasteiger partial charge is 0.368 e. The van der Waals surface area contributed by atoms with Crippen molar-refractivity contribution in [2.75, 3.05) is 7.05 Å². The van der Waals surface area contributed by atoms with Gasteiger partial charge in [0.25, 0.3) is 0 Å². The predicted molar refractivity (Wildman–Crippen MR) is 66.0 cm³/mol. The summed E-state index contributed by atoms with van der Waals surface area (Å²) in [6.07, 6.45) is 4.06. The molecule has 2 unspecified atom stereocenters. The lowest BCUT2D eigenvalue weighted by Crippen LogP contribution is -2.57. The highest BCUT2D eigenvalue weighted by atomic mass is 32.2. The van der Waals surface area contributed by atoms with E-state index in [4.69, 9.17) is 5.73 Å². The highest BCUT2D eigenvalue weighted by Crippen LogP contribution is 2.36. The van der Waals surface area contributed by atoms with Gasteiger partial charge in [0.05, 0.1) is 5.54 Å². The number of amides is 1. The van der Waals surface area contributed by atoms with E-state index in [0.717, 1.165) is 19.3 Å². The van der Waals surface area contributed by atoms with Crippen LogP contribution in [0.4, 0.5) is 0 Å². The van der Waals surface area contributed by atoms with Gasteiger partial charge in [-0.3, -0.25) is 4.79 Å². The normalized spacial score (nSPS) is 31.9. The van der Waals surface area contributed by atoms with Crippen molar-refractivity contribution >= 4 is 17.7 Å². The fourth-order valence-electron chi connectivity index (χ4n) is 2.30. The molecule has 0 radical (unpaired) electrons. The smallest absolute Gasteiger partial charge is 0.237 e. The average molecular weight is 230 g/mol. The summed E-state index contributed by atoms with van der Waals surface area (Å²) in [5.41, 5.74) is 5.04. The monoisotopic (exact) mass is 230 g/mol. The van der Waals surface area contributed by atoms with Gasteiger partial charge >= 0.3 is 0 Å². The third kappa shape index (κ3) is 3.11. The van der Waals surface area contributed by atoms with E-state index < -0.39 is 5.54 Å². The lowest BCUT2D eigenvalue weighted by atomic mass is 9.81. The minimum atomic E-state index is -0.454. The molecule has 1 amide bonds. The van der Waals surface area contributed by atoms with Crippen molar-refractivity contribution < 1.29 is 4.79 Å². The molecule has 0 heterocycles. The first-order valence-electron chi connectivity index (χ1n) is 5.64. The molecule has 1 fully saturated rings. The molecule has 1 saturated carbocycles. The van der Waals surface area contributed by atoms with Crippen LogP contribution in [-0.2, 0) is 4.79 Å². The molecule has 0 aromatic heterocycles. The zero-order chi connectivity index (χ0) is 11.5. The number of primary amides is 1. The topological polar surface area (TPSA) is 55.1 Å². The number of carbonyl (C=O) groups is 1. The molecule has 1 aliphatic rings. The fourth-order valence-corrected chi connectivity index (χ4v) is 3.75. The molecule has 1 aliphatic carbocycles. The molecule has 0 bridgehead atoms. The number of hydrogen-bond acceptors (Lipinski definition) is 3. The predicted octanol–water partition coefficient (Wildman–Crippen LogP) is 1.51. The fraction of sp³-hybridized carbons (Fsp3) is 0.909. The molecule has 3 N–H and O–H groups in total. The first kappa shape index (κ1) is 12.8. The maximum absolute atomic E-state index is 11.5. The van der Waals surface area contributed by atoms with Crippen LogP contribution in [-0.4, -0.2) is 29.0 Å². The number of rotatable bonds is 4. The Morgan fingerprint density at radius 2 is 2.27 bits per heavy atom. The zero-order valence-corrected chi connectivity index (χ0v) is 10.7. The standard InChI is InChI=1S/C11H22N2OS/c1-8(2)15-9-5-4-6-11(7-9,13-3)10(12)14/h8-9,13H,4-7H2,1-3H3,(H2,12,14). The minimum Gasteiger partial charge on any atom is -0.368 e. The van der Waals surface area contributed by atoms with Crippen LogP contribution in [0.1, 0.15) is 39.5 Å². The van der Waals surface area contributed by atoms with E-state index in [1.54, 1.807) is 0 Å². The van der Waals surface area contributed by atoms with Crippen molar-refractivity contribution in [1.29, 1.82) is 0 Å². The van der Waals surface area contributed by atoms with E-state index in [0.29, 0.717) is 10.5 Å². The lowest BCUT2D eigenvalue weighted by molar-refractivity contribution is -0.125. The molecule has 3 nitrogen and oxygen atoms in total. The minimum absolute atomic E-state index is 0.195. The Morgan fingerprint density at radius 1 is 1.60 bits per heavy atom. The van der Waals surface area contributed by atoms with Crippen LogP contribution in [0.25, 0.3) is 0 Å². The van der Waals surface area contributed by atoms with E-state index >= 15 is 0 Å². The van der Waals surface area contributed by atoms with Gasteiger partial charge in [0, 0.05) is 5.25 Å². The quantitative estimate of drug-likeness (QED) is 0.770. The number of hydrogen-bond donors (Lipinski definition) is 2. The molecule has 4 heteroatoms. The van der Waals surface area contributed by atoms with Crippen molar-refractivity contribution in [1.82, 2.24) is 5.32 Å². The first-order chi connectivity index (χ1) is 7.00. The third-order valence-corrected chi connectivity index (χ3v) is 4.45. The second-order valence-electron chi connectivity index (χ2n) is 4.60. The van der Waals surface area contributed by atoms with Crippen molar-refractivity contribution in [2.24, 2.45) is 5.73 Å². The Labute approximate surface area is 96.6 Å². The van der Waals surface area contributed by atoms with Crippen molar-refractivity contribution in [2.45, 2.75) is 55.6 Å². The van der Waals surface area contributed by atoms with E-state index in [1.807, 2.05) is 18.8 Å². The van der Waals surface area contributed by atoms with E-state index in [1.165, 1.54) is 6.42 Å². The summed E-state index contributed by atoms with van der Waals surface area (Å²) in [4.78, 5) is 11.5. The number of nitrogens with two attached hydrogens (primary N) is 1. The third-order valence-electron chi connectivity index (χ3n) is 3.12. The highest BCUT2D eigenvalue weighted by Gasteiger charge is 2.40. The maximum Gasteiger partial charge on any atom is 0.237 e. The molecule has 0 aromatic rings. The van der Waals surface area contributed by atoms with Gasteiger partial charge in [0.2, 0.25) is 5.91 Å². The molecule has 0 aromatic carbocycles. The van der Waals surface area contributed by atoms with Crippen LogP contribution in [0.2, 0.25) is 0 Å². The van der Waals surface area contributed by atoms with E-state index in [9.17, 15) is 4.79 Å². The summed E-state index contributed by atoms with van der Waals surface area (Å²) in [6.45, 7) is 4.40. The van der Waals surface area contributed by atoms with Crippen LogP contribution >= 0.6 is 11.8 Å². The van der Waals surface area contributed by atoms with Gasteiger partial charge in [-0.1, -0.05) is 13.8 Å². The van der Waals surface area contributed by atoms with Gasteiger partial charge in [-0.05, 0) is 38.0 Å². The Balaban J connectivity index is 2.64. The van der Waals surface area contributed by atoms with Gasteiger partial charge in [0.1, 0.15) is 0 Å². The summed E-state index contributed by atoms with van der Waals surface area (Å²) >= 11 is 1.96. The molecular weight excluding hydrogens is 208 g/mol. The molecule has 88 valence electrons. The Hall–Kier alpha value is -0.220. The lowest BCUT2D eigenvalue weighted by Gasteiger charge is -2.38. The van der Waals surface area contributed by atoms with Gasteiger partial charge in [0.15, 0.2) is 0 Å². The Bertz CT molecular complexity index is 233. The van der Waals surface area contributed by atoms with Crippen molar-refractivity contribution in [3.8, 4) is 0 Å². The van der Waals surface area contributed by atoms with Gasteiger partial charge in [-0.2, -0.15) is 11.8 Å². The summed E-state index contributed by atoms with van der Waals surface area (Å²) in [5.74, 6) is -0.195. The van der Waals surface area contributed by atoms with Crippen LogP contribution in [0.5, 0.6) is 0 Å². The number of nitrogens with one attached hydrogen (secondary N) is 1. The molecule has 2 atom stereocenters. The van der Waals surface area contributed by atoms with Crippen LogP contribution < -0.4 is 11.1 Å². The van der Waals surface area contributed by atoms with Crippen LogP contribution in [0.3, 0.4) is 0 Å². The molecule has 15 heavy (non-hydrogen) atoms. The second kappa shape index (κ2) is 5.21. The van der Waals surface area contributed by atoms with Crippen molar-refractivity contribution in [3.05, 3.63) is 0 Å². The van der Waals surface area contributed by atoms with E-state index in [2.05, 4.69) is 19.2 Å². The summed E-state index contributed by atoms with van der Waals surface area (Å²) in [5, 5.41) is 4.32. The molecular formula is C11H22N2OS. The van der Waals surface area contributed by atoms with Crippen LogP contribution in [0.15, 0.2) is 0 Å². The number of thioether (sulfide) groups is 1. The van der Waals surface area contributed by atoms with Crippen molar-refractivity contribution in [3.63, 3.8) is 0 Å². The molecule has 0 aliphatic heterocycles. The number of carbonyl (C=O) groups excluding carboxylic acids is 1. The summed E-state index contributed by atoms with van der Waals surface area (Å²) in [7, 11) is 1.84. The van der Waals surface area contributed by atoms with Gasteiger partial charge in [-0.25, -0.2) is 0 Å². The highest BCUT2D eigenvalue weighted by molar-refractivity contribution is 8.00. The zero-order valence-electron chi connectivity index (χ0n) is 9.88. The van der Waals surface area contributed by atoms with Gasteiger partial charge in [-0.15, -0.1) is 0 Å². The average Bonchev–Trinajstić information content (AvgIpc) is 2.16. The first-order valence-corrected chi connectivity index (χ1v) is 6.59. The molecule has 0 saturated heterocycles. The second-order valence-corrected chi connectivity index (χ2v) is 6.48. The van der Waals surface area contributed by atoms with Crippen LogP contribution in [0, 0.1) is 0 Å².